The Balaban J connectivity index is 2.66. The largest absolute Gasteiger partial charge is 0.347 e. The summed E-state index contributed by atoms with van der Waals surface area (Å²) in [6, 6.07) is 13.5. The predicted octanol–water partition coefficient (Wildman–Crippen LogP) is 3.17. The molecular formula is C17H14N4. The van der Waals surface area contributed by atoms with Crippen LogP contribution in [-0.2, 0) is 5.41 Å². The molecule has 4 heteroatoms. The van der Waals surface area contributed by atoms with Gasteiger partial charge in [-0.3, -0.25) is 0 Å². The molecule has 4 nitrogen and oxygen atoms in total. The lowest BCUT2D eigenvalue weighted by molar-refractivity contribution is 0.639. The zero-order chi connectivity index (χ0) is 15.6. The van der Waals surface area contributed by atoms with E-state index < -0.39 is 0 Å². The fraction of sp³-hybridized carbons (Fsp3) is 0.235. The van der Waals surface area contributed by atoms with E-state index in [4.69, 9.17) is 10.5 Å². The van der Waals surface area contributed by atoms with Gasteiger partial charge >= 0.3 is 0 Å². The molecule has 21 heavy (non-hydrogen) atoms. The van der Waals surface area contributed by atoms with Gasteiger partial charge in [0.2, 0.25) is 0 Å². The number of anilines is 1. The number of hydrogen-bond donors (Lipinski definition) is 0. The van der Waals surface area contributed by atoms with E-state index in [2.05, 4.69) is 19.9 Å². The monoisotopic (exact) mass is 274 g/mol. The lowest BCUT2D eigenvalue weighted by Gasteiger charge is -2.24. The average molecular weight is 274 g/mol. The van der Waals surface area contributed by atoms with Gasteiger partial charge in [-0.2, -0.15) is 15.8 Å². The Labute approximate surface area is 124 Å². The Kier molecular flexibility index (Phi) is 3.53. The van der Waals surface area contributed by atoms with Crippen LogP contribution in [0.15, 0.2) is 47.2 Å². The smallest absolute Gasteiger partial charge is 0.147 e. The van der Waals surface area contributed by atoms with Gasteiger partial charge in [-0.05, 0) is 17.7 Å². The molecule has 0 amide bonds. The molecule has 0 saturated heterocycles. The van der Waals surface area contributed by atoms with Crippen LogP contribution in [0.1, 0.15) is 19.4 Å². The van der Waals surface area contributed by atoms with Crippen molar-refractivity contribution < 1.29 is 0 Å². The van der Waals surface area contributed by atoms with E-state index in [0.717, 1.165) is 16.9 Å². The van der Waals surface area contributed by atoms with Gasteiger partial charge in [-0.15, -0.1) is 0 Å². The van der Waals surface area contributed by atoms with Gasteiger partial charge in [0.15, 0.2) is 0 Å². The van der Waals surface area contributed by atoms with Crippen molar-refractivity contribution in [1.82, 2.24) is 0 Å². The summed E-state index contributed by atoms with van der Waals surface area (Å²) in [5.41, 5.74) is 2.77. The fourth-order valence-corrected chi connectivity index (χ4v) is 2.70. The molecule has 0 saturated carbocycles. The van der Waals surface area contributed by atoms with Gasteiger partial charge in [-0.1, -0.05) is 32.0 Å². The second-order valence-electron chi connectivity index (χ2n) is 5.35. The Morgan fingerprint density at radius 1 is 1.10 bits per heavy atom. The Bertz CT molecular complexity index is 760. The topological polar surface area (TPSA) is 74.6 Å². The fourth-order valence-electron chi connectivity index (χ4n) is 2.70. The van der Waals surface area contributed by atoms with Crippen LogP contribution in [0.3, 0.4) is 0 Å². The summed E-state index contributed by atoms with van der Waals surface area (Å²) >= 11 is 0. The maximum Gasteiger partial charge on any atom is 0.147 e. The van der Waals surface area contributed by atoms with Crippen molar-refractivity contribution >= 4 is 5.69 Å². The van der Waals surface area contributed by atoms with Crippen LogP contribution in [0.4, 0.5) is 5.69 Å². The van der Waals surface area contributed by atoms with E-state index >= 15 is 0 Å². The molecule has 0 bridgehead atoms. The molecule has 1 aromatic rings. The van der Waals surface area contributed by atoms with Gasteiger partial charge in [0.25, 0.3) is 0 Å². The van der Waals surface area contributed by atoms with Crippen LogP contribution in [-0.4, -0.2) is 7.05 Å². The van der Waals surface area contributed by atoms with Crippen molar-refractivity contribution in [3.05, 3.63) is 52.7 Å². The summed E-state index contributed by atoms with van der Waals surface area (Å²) in [4.78, 5) is 2.00. The number of rotatable bonds is 1. The second-order valence-corrected chi connectivity index (χ2v) is 5.35. The minimum absolute atomic E-state index is 0.0998. The number of allylic oxidation sites excluding steroid dienone is 4. The normalized spacial score (nSPS) is 16.6. The highest BCUT2D eigenvalue weighted by atomic mass is 15.2. The molecule has 0 aliphatic carbocycles. The molecule has 1 aromatic carbocycles. The zero-order valence-corrected chi connectivity index (χ0v) is 12.2. The lowest BCUT2D eigenvalue weighted by atomic mass is 9.83. The van der Waals surface area contributed by atoms with Crippen molar-refractivity contribution in [1.29, 1.82) is 15.8 Å². The number of nitrogens with zero attached hydrogens (tertiary/aromatic N) is 4. The highest BCUT2D eigenvalue weighted by molar-refractivity contribution is 5.71. The molecular weight excluding hydrogens is 260 g/mol. The highest BCUT2D eigenvalue weighted by Gasteiger charge is 2.38. The summed E-state index contributed by atoms with van der Waals surface area (Å²) in [6.45, 7) is 4.13. The molecule has 0 fully saturated rings. The molecule has 0 aromatic heterocycles. The third kappa shape index (κ3) is 2.16. The number of hydrogen-bond acceptors (Lipinski definition) is 4. The van der Waals surface area contributed by atoms with E-state index in [9.17, 15) is 5.26 Å². The van der Waals surface area contributed by atoms with Crippen molar-refractivity contribution in [2.45, 2.75) is 19.3 Å². The average Bonchev–Trinajstić information content (AvgIpc) is 2.68. The second kappa shape index (κ2) is 5.16. The summed E-state index contributed by atoms with van der Waals surface area (Å²) in [5, 5.41) is 27.1. The number of fused-ring (bicyclic) bond motifs is 1. The van der Waals surface area contributed by atoms with Crippen molar-refractivity contribution in [2.24, 2.45) is 0 Å². The first-order chi connectivity index (χ1) is 9.97. The zero-order valence-electron chi connectivity index (χ0n) is 12.2. The maximum absolute atomic E-state index is 9.22. The van der Waals surface area contributed by atoms with Crippen LogP contribution in [0.25, 0.3) is 0 Å². The van der Waals surface area contributed by atoms with Crippen LogP contribution in [0, 0.1) is 34.0 Å². The Hall–Kier alpha value is -3.03. The van der Waals surface area contributed by atoms with E-state index in [1.165, 1.54) is 0 Å². The van der Waals surface area contributed by atoms with Crippen molar-refractivity contribution in [3.8, 4) is 18.2 Å². The predicted molar refractivity (Wildman–Crippen MR) is 79.8 cm³/mol. The standard InChI is InChI=1S/C17H14N4/c1-17(2)14-6-4-5-7-15(14)21(3)16(17)8-12(9-18)13(10-19)11-20/h4-8H,1-3H3/b16-8-. The first kappa shape index (κ1) is 14.4. The molecule has 1 heterocycles. The summed E-state index contributed by atoms with van der Waals surface area (Å²) in [6.07, 6.45) is 1.64. The molecule has 0 radical (unpaired) electrons. The SMILES string of the molecule is CN1/C(=C\C(C#N)=C(C#N)C#N)C(C)(C)c2ccccc21. The van der Waals surface area contributed by atoms with Gasteiger partial charge in [0, 0.05) is 23.8 Å². The summed E-state index contributed by atoms with van der Waals surface area (Å²) < 4.78 is 0. The third-order valence-corrected chi connectivity index (χ3v) is 3.83. The molecule has 1 aliphatic heterocycles. The first-order valence-electron chi connectivity index (χ1n) is 6.47. The molecule has 0 spiro atoms. The van der Waals surface area contributed by atoms with Crippen molar-refractivity contribution in [3.63, 3.8) is 0 Å². The summed E-state index contributed by atoms with van der Waals surface area (Å²) in [5.74, 6) is 0. The molecule has 2 rings (SSSR count). The number of benzene rings is 1. The van der Waals surface area contributed by atoms with Crippen LogP contribution >= 0.6 is 0 Å². The molecule has 1 aliphatic rings. The number of likely N-dealkylation sites (N-methyl/N-ethyl adjacent to an activating group) is 1. The van der Waals surface area contributed by atoms with Gasteiger partial charge in [0.1, 0.15) is 23.8 Å². The number of nitriles is 3. The minimum Gasteiger partial charge on any atom is -0.347 e. The van der Waals surface area contributed by atoms with Crippen molar-refractivity contribution in [2.75, 3.05) is 11.9 Å². The summed E-state index contributed by atoms with van der Waals surface area (Å²) in [7, 11) is 1.92. The lowest BCUT2D eigenvalue weighted by Crippen LogP contribution is -2.23. The van der Waals surface area contributed by atoms with E-state index in [0.29, 0.717) is 0 Å². The maximum atomic E-state index is 9.22. The first-order valence-corrected chi connectivity index (χ1v) is 6.47. The molecule has 102 valence electrons. The van der Waals surface area contributed by atoms with Gasteiger partial charge in [0.05, 0.1) is 5.57 Å². The number of para-hydroxylation sites is 1. The van der Waals surface area contributed by atoms with Gasteiger partial charge < -0.3 is 4.90 Å². The molecule has 0 unspecified atom stereocenters. The van der Waals surface area contributed by atoms with E-state index in [1.807, 2.05) is 36.2 Å². The third-order valence-electron chi connectivity index (χ3n) is 3.83. The highest BCUT2D eigenvalue weighted by Crippen LogP contribution is 2.46. The molecule has 0 N–H and O–H groups in total. The van der Waals surface area contributed by atoms with E-state index in [1.54, 1.807) is 18.2 Å². The Morgan fingerprint density at radius 2 is 1.71 bits per heavy atom. The quantitative estimate of drug-likeness (QED) is 0.737. The van der Waals surface area contributed by atoms with Crippen LogP contribution < -0.4 is 4.90 Å². The minimum atomic E-state index is -0.288. The van der Waals surface area contributed by atoms with Crippen LogP contribution in [0.5, 0.6) is 0 Å². The Morgan fingerprint density at radius 3 is 2.24 bits per heavy atom. The van der Waals surface area contributed by atoms with Gasteiger partial charge in [-0.25, -0.2) is 0 Å². The molecule has 0 atom stereocenters. The van der Waals surface area contributed by atoms with Crippen LogP contribution in [0.2, 0.25) is 0 Å². The van der Waals surface area contributed by atoms with E-state index in [-0.39, 0.29) is 16.6 Å².